The summed E-state index contributed by atoms with van der Waals surface area (Å²) in [6.07, 6.45) is 2.27. The number of aryl methyl sites for hydroxylation is 1. The van der Waals surface area contributed by atoms with Crippen molar-refractivity contribution in [1.82, 2.24) is 10.3 Å². The fourth-order valence-corrected chi connectivity index (χ4v) is 1.79. The first kappa shape index (κ1) is 15.0. The Morgan fingerprint density at radius 2 is 2.00 bits per heavy atom. The molecule has 2 aromatic rings. The van der Waals surface area contributed by atoms with Crippen molar-refractivity contribution in [1.29, 1.82) is 0 Å². The number of oxazole rings is 1. The molecule has 0 aliphatic heterocycles. The standard InChI is InChI=1S/C14H15F2N3O2/c1-3-9-6-18-12(21-9)7-19-14(20)8-4-10(15)13(17-2)11(16)5-8/h4-6,17H,3,7H2,1-2H3,(H,19,20). The summed E-state index contributed by atoms with van der Waals surface area (Å²) in [5.74, 6) is -1.21. The van der Waals surface area contributed by atoms with Crippen LogP contribution in [0.15, 0.2) is 22.7 Å². The van der Waals surface area contributed by atoms with Gasteiger partial charge in [-0.1, -0.05) is 6.92 Å². The van der Waals surface area contributed by atoms with Crippen LogP contribution in [0.1, 0.15) is 28.9 Å². The third-order valence-corrected chi connectivity index (χ3v) is 2.90. The molecule has 7 heteroatoms. The number of anilines is 1. The first-order chi connectivity index (χ1) is 10.0. The summed E-state index contributed by atoms with van der Waals surface area (Å²) >= 11 is 0. The van der Waals surface area contributed by atoms with Gasteiger partial charge in [0.1, 0.15) is 23.1 Å². The Labute approximate surface area is 120 Å². The number of benzene rings is 1. The summed E-state index contributed by atoms with van der Waals surface area (Å²) in [6.45, 7) is 1.97. The highest BCUT2D eigenvalue weighted by Crippen LogP contribution is 2.20. The van der Waals surface area contributed by atoms with E-state index in [1.54, 1.807) is 6.20 Å². The maximum Gasteiger partial charge on any atom is 0.251 e. The molecule has 0 spiro atoms. The first-order valence-corrected chi connectivity index (χ1v) is 6.43. The zero-order chi connectivity index (χ0) is 15.4. The van der Waals surface area contributed by atoms with Crippen molar-refractivity contribution >= 4 is 11.6 Å². The molecule has 0 aliphatic carbocycles. The predicted octanol–water partition coefficient (Wildman–Crippen LogP) is 2.49. The van der Waals surface area contributed by atoms with Gasteiger partial charge in [-0.2, -0.15) is 0 Å². The first-order valence-electron chi connectivity index (χ1n) is 6.43. The summed E-state index contributed by atoms with van der Waals surface area (Å²) in [6, 6.07) is 1.94. The van der Waals surface area contributed by atoms with E-state index in [0.29, 0.717) is 18.1 Å². The Balaban J connectivity index is 2.06. The number of hydrogen-bond acceptors (Lipinski definition) is 4. The van der Waals surface area contributed by atoms with Gasteiger partial charge in [-0.3, -0.25) is 4.79 Å². The van der Waals surface area contributed by atoms with E-state index >= 15 is 0 Å². The van der Waals surface area contributed by atoms with Crippen molar-refractivity contribution in [3.63, 3.8) is 0 Å². The summed E-state index contributed by atoms with van der Waals surface area (Å²) < 4.78 is 32.5. The van der Waals surface area contributed by atoms with Crippen LogP contribution in [0.2, 0.25) is 0 Å². The Morgan fingerprint density at radius 3 is 2.52 bits per heavy atom. The number of nitrogens with zero attached hydrogens (tertiary/aromatic N) is 1. The lowest BCUT2D eigenvalue weighted by molar-refractivity contribution is 0.0946. The van der Waals surface area contributed by atoms with Gasteiger partial charge in [0.25, 0.3) is 5.91 Å². The Bertz CT molecular complexity index is 632. The molecule has 1 amide bonds. The monoisotopic (exact) mass is 295 g/mol. The van der Waals surface area contributed by atoms with Crippen LogP contribution in [-0.4, -0.2) is 17.9 Å². The maximum absolute atomic E-state index is 13.6. The Hall–Kier alpha value is -2.44. The molecular formula is C14H15F2N3O2. The number of nitrogens with one attached hydrogen (secondary N) is 2. The predicted molar refractivity (Wildman–Crippen MR) is 73.0 cm³/mol. The highest BCUT2D eigenvalue weighted by atomic mass is 19.1. The summed E-state index contributed by atoms with van der Waals surface area (Å²) in [5, 5.41) is 4.89. The SMILES string of the molecule is CCc1cnc(CNC(=O)c2cc(F)c(NC)c(F)c2)o1. The van der Waals surface area contributed by atoms with Gasteiger partial charge in [-0.25, -0.2) is 13.8 Å². The second-order valence-corrected chi connectivity index (χ2v) is 4.32. The highest BCUT2D eigenvalue weighted by Gasteiger charge is 2.14. The number of carbonyl (C=O) groups excluding carboxylic acids is 1. The average Bonchev–Trinajstić information content (AvgIpc) is 2.92. The largest absolute Gasteiger partial charge is 0.444 e. The Morgan fingerprint density at radius 1 is 1.33 bits per heavy atom. The van der Waals surface area contributed by atoms with Gasteiger partial charge in [0.2, 0.25) is 5.89 Å². The van der Waals surface area contributed by atoms with Crippen molar-refractivity contribution in [2.75, 3.05) is 12.4 Å². The van der Waals surface area contributed by atoms with Crippen LogP contribution in [0.3, 0.4) is 0 Å². The van der Waals surface area contributed by atoms with Crippen LogP contribution in [0, 0.1) is 11.6 Å². The van der Waals surface area contributed by atoms with E-state index in [1.165, 1.54) is 7.05 Å². The van der Waals surface area contributed by atoms with E-state index in [1.807, 2.05) is 6.92 Å². The average molecular weight is 295 g/mol. The quantitative estimate of drug-likeness (QED) is 0.889. The molecule has 112 valence electrons. The molecule has 21 heavy (non-hydrogen) atoms. The van der Waals surface area contributed by atoms with Crippen molar-refractivity contribution in [2.45, 2.75) is 19.9 Å². The number of rotatable bonds is 5. The van der Waals surface area contributed by atoms with Crippen molar-refractivity contribution in [3.8, 4) is 0 Å². The number of aromatic nitrogens is 1. The van der Waals surface area contributed by atoms with Gasteiger partial charge < -0.3 is 15.1 Å². The molecule has 1 aromatic heterocycles. The zero-order valence-corrected chi connectivity index (χ0v) is 11.7. The van der Waals surface area contributed by atoms with Crippen LogP contribution in [0.25, 0.3) is 0 Å². The summed E-state index contributed by atoms with van der Waals surface area (Å²) in [5.41, 5.74) is -0.377. The minimum Gasteiger partial charge on any atom is -0.444 e. The molecule has 0 fully saturated rings. The van der Waals surface area contributed by atoms with Gasteiger partial charge in [0.05, 0.1) is 12.7 Å². The van der Waals surface area contributed by atoms with Crippen molar-refractivity contribution in [3.05, 3.63) is 47.2 Å². The third kappa shape index (κ3) is 3.36. The zero-order valence-electron chi connectivity index (χ0n) is 11.7. The molecule has 0 saturated heterocycles. The molecule has 5 nitrogen and oxygen atoms in total. The molecule has 1 heterocycles. The van der Waals surface area contributed by atoms with E-state index < -0.39 is 17.5 Å². The van der Waals surface area contributed by atoms with Gasteiger partial charge >= 0.3 is 0 Å². The number of hydrogen-bond donors (Lipinski definition) is 2. The van der Waals surface area contributed by atoms with Crippen LogP contribution in [-0.2, 0) is 13.0 Å². The lowest BCUT2D eigenvalue weighted by atomic mass is 10.1. The lowest BCUT2D eigenvalue weighted by Gasteiger charge is -2.07. The molecule has 0 unspecified atom stereocenters. The molecule has 2 N–H and O–H groups in total. The molecule has 0 atom stereocenters. The van der Waals surface area contributed by atoms with Crippen LogP contribution < -0.4 is 10.6 Å². The maximum atomic E-state index is 13.6. The number of amides is 1. The van der Waals surface area contributed by atoms with Crippen LogP contribution in [0.4, 0.5) is 14.5 Å². The van der Waals surface area contributed by atoms with Gasteiger partial charge in [-0.05, 0) is 12.1 Å². The second kappa shape index (κ2) is 6.34. The second-order valence-electron chi connectivity index (χ2n) is 4.32. The van der Waals surface area contributed by atoms with E-state index in [4.69, 9.17) is 4.42 Å². The molecular weight excluding hydrogens is 280 g/mol. The number of halogens is 2. The minimum absolute atomic E-state index is 0.0514. The van der Waals surface area contributed by atoms with E-state index in [-0.39, 0.29) is 17.8 Å². The summed E-state index contributed by atoms with van der Waals surface area (Å²) in [7, 11) is 1.40. The van der Waals surface area contributed by atoms with Gasteiger partial charge in [-0.15, -0.1) is 0 Å². The molecule has 0 radical (unpaired) electrons. The third-order valence-electron chi connectivity index (χ3n) is 2.90. The Kier molecular flexibility index (Phi) is 4.52. The van der Waals surface area contributed by atoms with Crippen molar-refractivity contribution in [2.24, 2.45) is 0 Å². The van der Waals surface area contributed by atoms with Crippen LogP contribution >= 0.6 is 0 Å². The molecule has 0 saturated carbocycles. The summed E-state index contributed by atoms with van der Waals surface area (Å²) in [4.78, 5) is 15.8. The topological polar surface area (TPSA) is 67.2 Å². The van der Waals surface area contributed by atoms with Crippen LogP contribution in [0.5, 0.6) is 0 Å². The van der Waals surface area contributed by atoms with E-state index in [2.05, 4.69) is 15.6 Å². The molecule has 0 aliphatic rings. The molecule has 1 aromatic carbocycles. The van der Waals surface area contributed by atoms with Gasteiger partial charge in [0.15, 0.2) is 0 Å². The normalized spacial score (nSPS) is 10.5. The number of carbonyl (C=O) groups is 1. The van der Waals surface area contributed by atoms with Gasteiger partial charge in [0, 0.05) is 19.0 Å². The molecule has 2 rings (SSSR count). The van der Waals surface area contributed by atoms with E-state index in [9.17, 15) is 13.6 Å². The van der Waals surface area contributed by atoms with E-state index in [0.717, 1.165) is 12.1 Å². The lowest BCUT2D eigenvalue weighted by Crippen LogP contribution is -2.23. The molecule has 0 bridgehead atoms. The smallest absolute Gasteiger partial charge is 0.251 e. The minimum atomic E-state index is -0.827. The van der Waals surface area contributed by atoms with Crippen molar-refractivity contribution < 1.29 is 18.0 Å². The fraction of sp³-hybridized carbons (Fsp3) is 0.286. The fourth-order valence-electron chi connectivity index (χ4n) is 1.79. The highest BCUT2D eigenvalue weighted by molar-refractivity contribution is 5.94.